The topological polar surface area (TPSA) is 9.23 Å². The van der Waals surface area contributed by atoms with Crippen molar-refractivity contribution in [1.29, 1.82) is 0 Å². The van der Waals surface area contributed by atoms with Gasteiger partial charge in [-0.3, -0.25) is 0 Å². The van der Waals surface area contributed by atoms with Gasteiger partial charge in [0.2, 0.25) is 0 Å². The van der Waals surface area contributed by atoms with Crippen molar-refractivity contribution in [2.45, 2.75) is 45.6 Å². The van der Waals surface area contributed by atoms with E-state index in [0.29, 0.717) is 6.10 Å². The first-order chi connectivity index (χ1) is 7.33. The monoisotopic (exact) mass is 206 g/mol. The van der Waals surface area contributed by atoms with Crippen LogP contribution < -0.4 is 0 Å². The van der Waals surface area contributed by atoms with Crippen molar-refractivity contribution in [2.75, 3.05) is 6.61 Å². The zero-order chi connectivity index (χ0) is 10.9. The van der Waals surface area contributed by atoms with Crippen LogP contribution in [-0.2, 0) is 11.2 Å². The highest BCUT2D eigenvalue weighted by atomic mass is 16.5. The molecule has 15 heavy (non-hydrogen) atoms. The zero-order valence-corrected chi connectivity index (χ0v) is 9.91. The van der Waals surface area contributed by atoms with Crippen LogP contribution in [0.25, 0.3) is 0 Å². The Bertz CT molecular complexity index is 243. The lowest BCUT2D eigenvalue weighted by molar-refractivity contribution is 0.0637. The second-order valence-corrected chi connectivity index (χ2v) is 4.08. The van der Waals surface area contributed by atoms with Crippen LogP contribution in [0.5, 0.6) is 0 Å². The Hall–Kier alpha value is -0.820. The van der Waals surface area contributed by atoms with E-state index >= 15 is 0 Å². The van der Waals surface area contributed by atoms with Crippen LogP contribution in [0.1, 0.15) is 38.7 Å². The molecule has 1 atom stereocenters. The molecule has 0 fully saturated rings. The molecule has 0 amide bonds. The molecule has 0 spiro atoms. The molecule has 1 heteroatoms. The average molecular weight is 206 g/mol. The van der Waals surface area contributed by atoms with Crippen molar-refractivity contribution in [3.63, 3.8) is 0 Å². The standard InChI is InChI=1S/C14H22O/c1-3-4-8-11-15-13(2)12-14-9-6-5-7-10-14/h5-7,9-10,13H,3-4,8,11-12H2,1-2H3. The van der Waals surface area contributed by atoms with Gasteiger partial charge in [0.05, 0.1) is 6.10 Å². The normalized spacial score (nSPS) is 12.7. The number of ether oxygens (including phenoxy) is 1. The second-order valence-electron chi connectivity index (χ2n) is 4.08. The lowest BCUT2D eigenvalue weighted by Crippen LogP contribution is -2.12. The van der Waals surface area contributed by atoms with Gasteiger partial charge in [-0.2, -0.15) is 0 Å². The minimum atomic E-state index is 0.337. The van der Waals surface area contributed by atoms with Gasteiger partial charge >= 0.3 is 0 Å². The van der Waals surface area contributed by atoms with E-state index in [1.165, 1.54) is 24.8 Å². The molecule has 1 unspecified atom stereocenters. The Morgan fingerprint density at radius 1 is 1.13 bits per heavy atom. The van der Waals surface area contributed by atoms with Gasteiger partial charge in [0.1, 0.15) is 0 Å². The summed E-state index contributed by atoms with van der Waals surface area (Å²) in [6.07, 6.45) is 5.08. The molecule has 0 saturated heterocycles. The fourth-order valence-corrected chi connectivity index (χ4v) is 1.64. The maximum atomic E-state index is 5.75. The summed E-state index contributed by atoms with van der Waals surface area (Å²) in [6, 6.07) is 10.5. The summed E-state index contributed by atoms with van der Waals surface area (Å²) >= 11 is 0. The average Bonchev–Trinajstić information content (AvgIpc) is 2.26. The van der Waals surface area contributed by atoms with Crippen molar-refractivity contribution in [2.24, 2.45) is 0 Å². The lowest BCUT2D eigenvalue weighted by Gasteiger charge is -2.12. The Labute approximate surface area is 93.5 Å². The van der Waals surface area contributed by atoms with E-state index in [1.807, 2.05) is 0 Å². The molecule has 1 rings (SSSR count). The summed E-state index contributed by atoms with van der Waals surface area (Å²) in [5.41, 5.74) is 1.36. The van der Waals surface area contributed by atoms with Crippen LogP contribution in [0.15, 0.2) is 30.3 Å². The predicted molar refractivity (Wildman–Crippen MR) is 65.1 cm³/mol. The van der Waals surface area contributed by atoms with E-state index in [-0.39, 0.29) is 0 Å². The molecule has 1 nitrogen and oxygen atoms in total. The second kappa shape index (κ2) is 7.47. The van der Waals surface area contributed by atoms with Crippen molar-refractivity contribution >= 4 is 0 Å². The van der Waals surface area contributed by atoms with E-state index < -0.39 is 0 Å². The quantitative estimate of drug-likeness (QED) is 0.616. The van der Waals surface area contributed by atoms with Crippen LogP contribution in [0.2, 0.25) is 0 Å². The number of hydrogen-bond donors (Lipinski definition) is 0. The van der Waals surface area contributed by atoms with Crippen molar-refractivity contribution in [1.82, 2.24) is 0 Å². The zero-order valence-electron chi connectivity index (χ0n) is 9.91. The first-order valence-electron chi connectivity index (χ1n) is 5.98. The Kier molecular flexibility index (Phi) is 6.10. The van der Waals surface area contributed by atoms with E-state index in [9.17, 15) is 0 Å². The summed E-state index contributed by atoms with van der Waals surface area (Å²) in [5, 5.41) is 0. The number of unbranched alkanes of at least 4 members (excludes halogenated alkanes) is 2. The molecule has 0 saturated carbocycles. The highest BCUT2D eigenvalue weighted by Crippen LogP contribution is 2.06. The summed E-state index contributed by atoms with van der Waals surface area (Å²) in [6.45, 7) is 5.27. The molecule has 0 aliphatic rings. The van der Waals surface area contributed by atoms with E-state index in [4.69, 9.17) is 4.74 Å². The lowest BCUT2D eigenvalue weighted by atomic mass is 10.1. The highest BCUT2D eigenvalue weighted by Gasteiger charge is 2.02. The SMILES string of the molecule is CCCCCOC(C)Cc1ccccc1. The van der Waals surface area contributed by atoms with E-state index in [2.05, 4.69) is 44.2 Å². The Morgan fingerprint density at radius 2 is 1.87 bits per heavy atom. The summed E-state index contributed by atoms with van der Waals surface area (Å²) in [4.78, 5) is 0. The Morgan fingerprint density at radius 3 is 2.53 bits per heavy atom. The van der Waals surface area contributed by atoms with Gasteiger partial charge in [0.15, 0.2) is 0 Å². The van der Waals surface area contributed by atoms with Crippen molar-refractivity contribution < 1.29 is 4.74 Å². The van der Waals surface area contributed by atoms with Gasteiger partial charge in [-0.05, 0) is 25.3 Å². The third-order valence-electron chi connectivity index (χ3n) is 2.52. The van der Waals surface area contributed by atoms with E-state index in [0.717, 1.165) is 13.0 Å². The maximum absolute atomic E-state index is 5.75. The smallest absolute Gasteiger partial charge is 0.0587 e. The number of rotatable bonds is 7. The molecular weight excluding hydrogens is 184 g/mol. The summed E-state index contributed by atoms with van der Waals surface area (Å²) in [5.74, 6) is 0. The van der Waals surface area contributed by atoms with Gasteiger partial charge in [-0.1, -0.05) is 50.1 Å². The first-order valence-corrected chi connectivity index (χ1v) is 5.98. The van der Waals surface area contributed by atoms with Crippen molar-refractivity contribution in [3.8, 4) is 0 Å². The third-order valence-corrected chi connectivity index (χ3v) is 2.52. The molecule has 0 bridgehead atoms. The molecule has 0 aromatic heterocycles. The van der Waals surface area contributed by atoms with Crippen LogP contribution in [-0.4, -0.2) is 12.7 Å². The fourth-order valence-electron chi connectivity index (χ4n) is 1.64. The van der Waals surface area contributed by atoms with E-state index in [1.54, 1.807) is 0 Å². The first kappa shape index (κ1) is 12.3. The number of hydrogen-bond acceptors (Lipinski definition) is 1. The van der Waals surface area contributed by atoms with Gasteiger partial charge in [-0.25, -0.2) is 0 Å². The maximum Gasteiger partial charge on any atom is 0.0587 e. The molecule has 0 radical (unpaired) electrons. The molecule has 1 aromatic rings. The predicted octanol–water partition coefficient (Wildman–Crippen LogP) is 3.82. The van der Waals surface area contributed by atoms with Crippen LogP contribution in [0.3, 0.4) is 0 Å². The molecular formula is C14H22O. The molecule has 0 aliphatic heterocycles. The van der Waals surface area contributed by atoms with Gasteiger partial charge in [0, 0.05) is 6.61 Å². The third kappa shape index (κ3) is 5.58. The minimum Gasteiger partial charge on any atom is -0.378 e. The number of benzene rings is 1. The fraction of sp³-hybridized carbons (Fsp3) is 0.571. The summed E-state index contributed by atoms with van der Waals surface area (Å²) in [7, 11) is 0. The molecule has 1 aromatic carbocycles. The molecule has 0 aliphatic carbocycles. The molecule has 84 valence electrons. The van der Waals surface area contributed by atoms with Gasteiger partial charge in [-0.15, -0.1) is 0 Å². The van der Waals surface area contributed by atoms with Crippen LogP contribution >= 0.6 is 0 Å². The van der Waals surface area contributed by atoms with Gasteiger partial charge < -0.3 is 4.74 Å². The molecule has 0 N–H and O–H groups in total. The highest BCUT2D eigenvalue weighted by molar-refractivity contribution is 5.15. The van der Waals surface area contributed by atoms with Gasteiger partial charge in [0.25, 0.3) is 0 Å². The van der Waals surface area contributed by atoms with Crippen LogP contribution in [0, 0.1) is 0 Å². The summed E-state index contributed by atoms with van der Waals surface area (Å²) < 4.78 is 5.75. The largest absolute Gasteiger partial charge is 0.378 e. The Balaban J connectivity index is 2.16. The van der Waals surface area contributed by atoms with Crippen molar-refractivity contribution in [3.05, 3.63) is 35.9 Å². The van der Waals surface area contributed by atoms with Crippen LogP contribution in [0.4, 0.5) is 0 Å². The minimum absolute atomic E-state index is 0.337. The molecule has 0 heterocycles.